The lowest BCUT2D eigenvalue weighted by molar-refractivity contribution is 0.460. The highest BCUT2D eigenvalue weighted by molar-refractivity contribution is 14.1. The number of allylic oxidation sites excluding steroid dienone is 2. The topological polar surface area (TPSA) is 56.0 Å². The Kier molecular flexibility index (Phi) is 4.59. The van der Waals surface area contributed by atoms with E-state index in [0.29, 0.717) is 17.3 Å². The summed E-state index contributed by atoms with van der Waals surface area (Å²) in [6.45, 7) is 0. The Bertz CT molecular complexity index is 1360. The van der Waals surface area contributed by atoms with E-state index in [2.05, 4.69) is 61.9 Å². The Morgan fingerprint density at radius 1 is 1.13 bits per heavy atom. The van der Waals surface area contributed by atoms with Crippen molar-refractivity contribution in [1.29, 1.82) is 0 Å². The maximum Gasteiger partial charge on any atom is 0.172 e. The number of pyridine rings is 1. The van der Waals surface area contributed by atoms with Gasteiger partial charge in [-0.3, -0.25) is 4.98 Å². The molecular formula is C24H19FIN5. The van der Waals surface area contributed by atoms with Crippen molar-refractivity contribution in [3.05, 3.63) is 80.8 Å². The molecule has 0 unspecified atom stereocenters. The molecule has 0 saturated heterocycles. The number of fused-ring (bicyclic) bond motifs is 3. The van der Waals surface area contributed by atoms with E-state index in [1.165, 1.54) is 29.0 Å². The first kappa shape index (κ1) is 19.0. The third-order valence-corrected chi connectivity index (χ3v) is 7.11. The van der Waals surface area contributed by atoms with Crippen LogP contribution >= 0.6 is 22.6 Å². The van der Waals surface area contributed by atoms with E-state index in [1.807, 2.05) is 4.52 Å². The van der Waals surface area contributed by atoms with Crippen LogP contribution in [0.3, 0.4) is 0 Å². The van der Waals surface area contributed by atoms with Gasteiger partial charge in [0, 0.05) is 18.2 Å². The van der Waals surface area contributed by atoms with E-state index in [1.54, 1.807) is 18.0 Å². The first-order chi connectivity index (χ1) is 15.2. The maximum atomic E-state index is 13.8. The van der Waals surface area contributed by atoms with Crippen molar-refractivity contribution in [2.24, 2.45) is 5.92 Å². The van der Waals surface area contributed by atoms with Gasteiger partial charge in [-0.05, 0) is 77.0 Å². The Labute approximate surface area is 192 Å². The van der Waals surface area contributed by atoms with Gasteiger partial charge in [0.15, 0.2) is 11.5 Å². The van der Waals surface area contributed by atoms with Crippen LogP contribution in [-0.4, -0.2) is 24.6 Å². The molecular weight excluding hydrogens is 504 g/mol. The zero-order valence-corrected chi connectivity index (χ0v) is 18.9. The van der Waals surface area contributed by atoms with Gasteiger partial charge in [-0.1, -0.05) is 29.8 Å². The molecule has 31 heavy (non-hydrogen) atoms. The third-order valence-electron chi connectivity index (χ3n) is 6.35. The molecule has 1 aromatic carbocycles. The van der Waals surface area contributed by atoms with Crippen LogP contribution in [0.5, 0.6) is 0 Å². The van der Waals surface area contributed by atoms with Crippen LogP contribution < -0.4 is 0 Å². The van der Waals surface area contributed by atoms with Crippen molar-refractivity contribution in [3.63, 3.8) is 0 Å². The lowest BCUT2D eigenvalue weighted by Crippen LogP contribution is -2.16. The zero-order chi connectivity index (χ0) is 20.9. The molecule has 0 saturated carbocycles. The molecule has 4 aromatic rings. The molecule has 0 bridgehead atoms. The van der Waals surface area contributed by atoms with Gasteiger partial charge in [0.2, 0.25) is 0 Å². The molecule has 0 spiro atoms. The molecule has 6 rings (SSSR count). The Hall–Kier alpha value is -2.68. The summed E-state index contributed by atoms with van der Waals surface area (Å²) in [5.74, 6) is 1.46. The first-order valence-electron chi connectivity index (χ1n) is 10.5. The van der Waals surface area contributed by atoms with Gasteiger partial charge < -0.3 is 0 Å². The fourth-order valence-electron chi connectivity index (χ4n) is 4.89. The predicted octanol–water partition coefficient (Wildman–Crippen LogP) is 5.28. The lowest BCUT2D eigenvalue weighted by atomic mass is 9.82. The minimum atomic E-state index is -0.391. The summed E-state index contributed by atoms with van der Waals surface area (Å²) >= 11 is 2.23. The number of hydrogen-bond donors (Lipinski definition) is 0. The van der Waals surface area contributed by atoms with E-state index in [4.69, 9.17) is 4.98 Å². The number of hydrogen-bond acceptors (Lipinski definition) is 4. The molecule has 2 aliphatic carbocycles. The molecule has 0 fully saturated rings. The van der Waals surface area contributed by atoms with E-state index in [-0.39, 0.29) is 0 Å². The highest BCUT2D eigenvalue weighted by Gasteiger charge is 2.29. The summed E-state index contributed by atoms with van der Waals surface area (Å²) in [5.41, 5.74) is 7.35. The van der Waals surface area contributed by atoms with Gasteiger partial charge in [0.25, 0.3) is 0 Å². The SMILES string of the molecule is Fc1cncc(-c2nc(C[C@@H]3CCC4=C(C3)c3ccccc3C4)n3ncc(I)c3n2)c1. The number of nitrogens with zero attached hydrogens (tertiary/aromatic N) is 5. The molecule has 2 aliphatic rings. The molecule has 1 atom stereocenters. The van der Waals surface area contributed by atoms with Crippen LogP contribution in [0.2, 0.25) is 0 Å². The van der Waals surface area contributed by atoms with Crippen LogP contribution in [0.4, 0.5) is 4.39 Å². The van der Waals surface area contributed by atoms with Gasteiger partial charge in [0.05, 0.1) is 16.0 Å². The van der Waals surface area contributed by atoms with Crippen LogP contribution in [0.25, 0.3) is 22.6 Å². The Morgan fingerprint density at radius 3 is 2.94 bits per heavy atom. The summed E-state index contributed by atoms with van der Waals surface area (Å²) in [6, 6.07) is 10.2. The summed E-state index contributed by atoms with van der Waals surface area (Å²) in [5, 5.41) is 4.52. The minimum absolute atomic E-state index is 0.391. The Morgan fingerprint density at radius 2 is 2.03 bits per heavy atom. The minimum Gasteiger partial charge on any atom is -0.261 e. The number of halogens is 2. The lowest BCUT2D eigenvalue weighted by Gasteiger charge is -2.24. The van der Waals surface area contributed by atoms with Gasteiger partial charge in [-0.25, -0.2) is 14.4 Å². The second-order valence-electron chi connectivity index (χ2n) is 8.31. The molecule has 0 amide bonds. The van der Waals surface area contributed by atoms with E-state index in [9.17, 15) is 4.39 Å². The number of benzene rings is 1. The molecule has 0 radical (unpaired) electrons. The summed E-state index contributed by atoms with van der Waals surface area (Å²) in [4.78, 5) is 13.4. The van der Waals surface area contributed by atoms with Crippen molar-refractivity contribution >= 4 is 33.8 Å². The van der Waals surface area contributed by atoms with Crippen LogP contribution in [-0.2, 0) is 12.8 Å². The summed E-state index contributed by atoms with van der Waals surface area (Å²) < 4.78 is 16.6. The molecule has 3 heterocycles. The zero-order valence-electron chi connectivity index (χ0n) is 16.7. The quantitative estimate of drug-likeness (QED) is 0.343. The highest BCUT2D eigenvalue weighted by Crippen LogP contribution is 2.44. The van der Waals surface area contributed by atoms with E-state index < -0.39 is 5.82 Å². The molecule has 0 N–H and O–H groups in total. The van der Waals surface area contributed by atoms with Gasteiger partial charge in [-0.2, -0.15) is 9.61 Å². The third kappa shape index (κ3) is 3.35. The second-order valence-corrected chi connectivity index (χ2v) is 9.47. The largest absolute Gasteiger partial charge is 0.261 e. The van der Waals surface area contributed by atoms with Crippen LogP contribution in [0, 0.1) is 15.3 Å². The average Bonchev–Trinajstić information content (AvgIpc) is 3.34. The molecule has 0 aliphatic heterocycles. The van der Waals surface area contributed by atoms with Crippen molar-refractivity contribution in [2.45, 2.75) is 32.1 Å². The number of aromatic nitrogens is 5. The Balaban J connectivity index is 1.36. The van der Waals surface area contributed by atoms with Crippen molar-refractivity contribution in [1.82, 2.24) is 24.6 Å². The predicted molar refractivity (Wildman–Crippen MR) is 125 cm³/mol. The second kappa shape index (κ2) is 7.47. The van der Waals surface area contributed by atoms with Crippen molar-refractivity contribution in [3.8, 4) is 11.4 Å². The standard InChI is InChI=1S/C24H19FIN5/c25-18-10-17(11-27-12-18)23-29-22(31-24(30-23)21(26)13-28-31)8-14-5-6-16-9-15-3-1-2-4-19(15)20(16)7-14/h1-4,10-14H,5-9H2/t14-/m1/s1. The normalized spacial score (nSPS) is 17.8. The fourth-order valence-corrected chi connectivity index (χ4v) is 5.37. The molecule has 3 aromatic heterocycles. The first-order valence-corrected chi connectivity index (χ1v) is 11.5. The highest BCUT2D eigenvalue weighted by atomic mass is 127. The number of rotatable bonds is 3. The van der Waals surface area contributed by atoms with Crippen LogP contribution in [0.1, 0.15) is 36.2 Å². The van der Waals surface area contributed by atoms with E-state index >= 15 is 0 Å². The average molecular weight is 523 g/mol. The van der Waals surface area contributed by atoms with Crippen molar-refractivity contribution in [2.75, 3.05) is 0 Å². The van der Waals surface area contributed by atoms with Gasteiger partial charge in [0.1, 0.15) is 11.6 Å². The molecule has 5 nitrogen and oxygen atoms in total. The fraction of sp³-hybridized carbons (Fsp3) is 0.250. The smallest absolute Gasteiger partial charge is 0.172 e. The van der Waals surface area contributed by atoms with Gasteiger partial charge in [-0.15, -0.1) is 0 Å². The molecule has 7 heteroatoms. The molecule has 154 valence electrons. The summed E-state index contributed by atoms with van der Waals surface area (Å²) in [6.07, 6.45) is 9.86. The van der Waals surface area contributed by atoms with E-state index in [0.717, 1.165) is 47.1 Å². The monoisotopic (exact) mass is 523 g/mol. The van der Waals surface area contributed by atoms with Crippen LogP contribution in [0.15, 0.2) is 54.5 Å². The van der Waals surface area contributed by atoms with Gasteiger partial charge >= 0.3 is 0 Å². The summed E-state index contributed by atoms with van der Waals surface area (Å²) in [7, 11) is 0. The van der Waals surface area contributed by atoms with Crippen molar-refractivity contribution < 1.29 is 4.39 Å². The maximum absolute atomic E-state index is 13.8.